The number of rotatable bonds is 5. The molecule has 0 aliphatic carbocycles. The summed E-state index contributed by atoms with van der Waals surface area (Å²) < 4.78 is 0. The van der Waals surface area contributed by atoms with Crippen molar-refractivity contribution in [3.63, 3.8) is 0 Å². The minimum atomic E-state index is -0.582. The Morgan fingerprint density at radius 2 is 2.28 bits per heavy atom. The van der Waals surface area contributed by atoms with Crippen LogP contribution in [0.5, 0.6) is 0 Å². The number of nitrogens with one attached hydrogen (secondary N) is 1. The molecule has 0 bridgehead atoms. The van der Waals surface area contributed by atoms with Gasteiger partial charge < -0.3 is 11.1 Å². The lowest BCUT2D eigenvalue weighted by Crippen LogP contribution is -2.26. The van der Waals surface area contributed by atoms with Crippen LogP contribution in [0.3, 0.4) is 0 Å². The van der Waals surface area contributed by atoms with Gasteiger partial charge in [-0.1, -0.05) is 18.5 Å². The predicted molar refractivity (Wildman–Crippen MR) is 69.6 cm³/mol. The van der Waals surface area contributed by atoms with Gasteiger partial charge in [-0.25, -0.2) is 0 Å². The molecule has 0 saturated heterocycles. The number of hydrogen-bond acceptors (Lipinski definition) is 4. The van der Waals surface area contributed by atoms with Crippen molar-refractivity contribution in [2.45, 2.75) is 25.8 Å². The summed E-state index contributed by atoms with van der Waals surface area (Å²) in [6.45, 7) is 1.89. The first-order valence-corrected chi connectivity index (χ1v) is 5.81. The standard InChI is InChI=1S/C11H14ClN3O3/c1-2-7(13)5-11(16)14-8-3-4-10(15(17)18)9(12)6-8/h3-4,6-7H,2,5,13H2,1H3,(H,14,16). The van der Waals surface area contributed by atoms with Crippen LogP contribution in [0.25, 0.3) is 0 Å². The molecule has 18 heavy (non-hydrogen) atoms. The lowest BCUT2D eigenvalue weighted by Gasteiger charge is -2.09. The van der Waals surface area contributed by atoms with Gasteiger partial charge in [-0.3, -0.25) is 14.9 Å². The molecule has 0 saturated carbocycles. The number of amides is 1. The summed E-state index contributed by atoms with van der Waals surface area (Å²) in [4.78, 5) is 21.5. The van der Waals surface area contributed by atoms with Crippen LogP contribution in [-0.2, 0) is 4.79 Å². The number of nitro groups is 1. The Bertz CT molecular complexity index is 465. The maximum atomic E-state index is 11.5. The molecule has 0 heterocycles. The van der Waals surface area contributed by atoms with Crippen molar-refractivity contribution in [3.8, 4) is 0 Å². The fourth-order valence-electron chi connectivity index (χ4n) is 1.33. The number of nitrogens with two attached hydrogens (primary N) is 1. The van der Waals surface area contributed by atoms with Gasteiger partial charge in [0.2, 0.25) is 5.91 Å². The van der Waals surface area contributed by atoms with Gasteiger partial charge in [-0.2, -0.15) is 0 Å². The summed E-state index contributed by atoms with van der Waals surface area (Å²) in [5.74, 6) is -0.241. The lowest BCUT2D eigenvalue weighted by atomic mass is 10.1. The number of carbonyl (C=O) groups excluding carboxylic acids is 1. The van der Waals surface area contributed by atoms with Crippen molar-refractivity contribution in [3.05, 3.63) is 33.3 Å². The van der Waals surface area contributed by atoms with Crippen LogP contribution in [0.2, 0.25) is 5.02 Å². The van der Waals surface area contributed by atoms with Gasteiger partial charge in [0.1, 0.15) is 5.02 Å². The minimum absolute atomic E-state index is 0.0161. The maximum absolute atomic E-state index is 11.5. The second-order valence-corrected chi connectivity index (χ2v) is 4.25. The topological polar surface area (TPSA) is 98.3 Å². The fraction of sp³-hybridized carbons (Fsp3) is 0.364. The second-order valence-electron chi connectivity index (χ2n) is 3.84. The summed E-state index contributed by atoms with van der Waals surface area (Å²) in [5, 5.41) is 13.1. The van der Waals surface area contributed by atoms with Crippen molar-refractivity contribution in [2.75, 3.05) is 5.32 Å². The Labute approximate surface area is 109 Å². The highest BCUT2D eigenvalue weighted by Gasteiger charge is 2.13. The summed E-state index contributed by atoms with van der Waals surface area (Å²) in [6, 6.07) is 3.82. The number of hydrogen-bond donors (Lipinski definition) is 2. The quantitative estimate of drug-likeness (QED) is 0.634. The van der Waals surface area contributed by atoms with Gasteiger partial charge in [-0.05, 0) is 18.6 Å². The summed E-state index contributed by atoms with van der Waals surface area (Å²) in [5.41, 5.74) is 5.87. The first-order chi connectivity index (χ1) is 8.43. The van der Waals surface area contributed by atoms with Crippen molar-refractivity contribution in [1.82, 2.24) is 0 Å². The highest BCUT2D eigenvalue weighted by atomic mass is 35.5. The van der Waals surface area contributed by atoms with Gasteiger partial charge in [0.05, 0.1) is 4.92 Å². The monoisotopic (exact) mass is 271 g/mol. The fourth-order valence-corrected chi connectivity index (χ4v) is 1.58. The van der Waals surface area contributed by atoms with E-state index < -0.39 is 4.92 Å². The molecule has 0 aliphatic heterocycles. The first kappa shape index (κ1) is 14.4. The molecule has 7 heteroatoms. The minimum Gasteiger partial charge on any atom is -0.327 e. The van der Waals surface area contributed by atoms with E-state index in [4.69, 9.17) is 17.3 Å². The molecule has 6 nitrogen and oxygen atoms in total. The van der Waals surface area contributed by atoms with E-state index in [0.717, 1.165) is 0 Å². The van der Waals surface area contributed by atoms with Crippen molar-refractivity contribution < 1.29 is 9.72 Å². The van der Waals surface area contributed by atoms with E-state index in [9.17, 15) is 14.9 Å². The zero-order chi connectivity index (χ0) is 13.7. The van der Waals surface area contributed by atoms with Gasteiger partial charge in [0.15, 0.2) is 0 Å². The third-order valence-electron chi connectivity index (χ3n) is 2.40. The van der Waals surface area contributed by atoms with Crippen LogP contribution >= 0.6 is 11.6 Å². The average Bonchev–Trinajstić information content (AvgIpc) is 2.28. The van der Waals surface area contributed by atoms with E-state index in [2.05, 4.69) is 5.32 Å². The van der Waals surface area contributed by atoms with Gasteiger partial charge in [-0.15, -0.1) is 0 Å². The summed E-state index contributed by atoms with van der Waals surface area (Å²) in [7, 11) is 0. The highest BCUT2D eigenvalue weighted by molar-refractivity contribution is 6.33. The molecule has 0 aliphatic rings. The molecule has 3 N–H and O–H groups in total. The predicted octanol–water partition coefficient (Wildman–Crippen LogP) is 2.31. The maximum Gasteiger partial charge on any atom is 0.288 e. The van der Waals surface area contributed by atoms with E-state index in [1.54, 1.807) is 0 Å². The third-order valence-corrected chi connectivity index (χ3v) is 2.70. The zero-order valence-corrected chi connectivity index (χ0v) is 10.6. The Kier molecular flexibility index (Phi) is 5.06. The van der Waals surface area contributed by atoms with Crippen LogP contribution < -0.4 is 11.1 Å². The molecule has 1 unspecified atom stereocenters. The van der Waals surface area contributed by atoms with Gasteiger partial charge >= 0.3 is 0 Å². The number of nitro benzene ring substituents is 1. The SMILES string of the molecule is CCC(N)CC(=O)Nc1ccc([N+](=O)[O-])c(Cl)c1. The zero-order valence-electron chi connectivity index (χ0n) is 9.85. The largest absolute Gasteiger partial charge is 0.327 e. The molecule has 1 amide bonds. The number of halogens is 1. The van der Waals surface area contributed by atoms with E-state index in [1.807, 2.05) is 6.92 Å². The Morgan fingerprint density at radius 1 is 1.61 bits per heavy atom. The number of benzene rings is 1. The summed E-state index contributed by atoms with van der Waals surface area (Å²) >= 11 is 5.72. The number of nitrogens with zero attached hydrogens (tertiary/aromatic N) is 1. The van der Waals surface area contributed by atoms with E-state index in [-0.39, 0.29) is 29.1 Å². The van der Waals surface area contributed by atoms with E-state index in [1.165, 1.54) is 18.2 Å². The molecule has 0 aromatic heterocycles. The molecular weight excluding hydrogens is 258 g/mol. The number of carbonyl (C=O) groups is 1. The number of anilines is 1. The average molecular weight is 272 g/mol. The Morgan fingerprint density at radius 3 is 2.78 bits per heavy atom. The highest BCUT2D eigenvalue weighted by Crippen LogP contribution is 2.27. The molecule has 1 aromatic rings. The third kappa shape index (κ3) is 3.97. The van der Waals surface area contributed by atoms with Crippen LogP contribution in [0, 0.1) is 10.1 Å². The van der Waals surface area contributed by atoms with Gasteiger partial charge in [0, 0.05) is 24.2 Å². The van der Waals surface area contributed by atoms with Crippen LogP contribution in [-0.4, -0.2) is 16.9 Å². The molecule has 1 rings (SSSR count). The van der Waals surface area contributed by atoms with Crippen LogP contribution in [0.15, 0.2) is 18.2 Å². The van der Waals surface area contributed by atoms with Crippen LogP contribution in [0.4, 0.5) is 11.4 Å². The normalized spacial score (nSPS) is 11.9. The van der Waals surface area contributed by atoms with Crippen LogP contribution in [0.1, 0.15) is 19.8 Å². The smallest absolute Gasteiger partial charge is 0.288 e. The van der Waals surface area contributed by atoms with E-state index in [0.29, 0.717) is 12.1 Å². The van der Waals surface area contributed by atoms with E-state index >= 15 is 0 Å². The first-order valence-electron chi connectivity index (χ1n) is 5.43. The van der Waals surface area contributed by atoms with Crippen molar-refractivity contribution in [1.29, 1.82) is 0 Å². The molecule has 1 atom stereocenters. The molecule has 98 valence electrons. The Hall–Kier alpha value is -1.66. The van der Waals surface area contributed by atoms with Gasteiger partial charge in [0.25, 0.3) is 5.69 Å². The lowest BCUT2D eigenvalue weighted by molar-refractivity contribution is -0.384. The molecule has 0 fully saturated rings. The summed E-state index contributed by atoms with van der Waals surface area (Å²) in [6.07, 6.45) is 0.902. The molecular formula is C11H14ClN3O3. The van der Waals surface area contributed by atoms with Crippen molar-refractivity contribution >= 4 is 28.9 Å². The Balaban J connectivity index is 2.72. The second kappa shape index (κ2) is 6.32. The molecule has 1 aromatic carbocycles. The molecule has 0 radical (unpaired) electrons. The van der Waals surface area contributed by atoms with Crippen molar-refractivity contribution in [2.24, 2.45) is 5.73 Å². The molecule has 0 spiro atoms.